The molecule has 1 aromatic carbocycles. The zero-order valence-corrected chi connectivity index (χ0v) is 14.4. The molecule has 0 saturated heterocycles. The lowest BCUT2D eigenvalue weighted by atomic mass is 10.1. The zero-order chi connectivity index (χ0) is 16.3. The number of hydrogen-bond acceptors (Lipinski definition) is 4. The summed E-state index contributed by atoms with van der Waals surface area (Å²) in [5.74, 6) is 0.719. The summed E-state index contributed by atoms with van der Waals surface area (Å²) in [4.78, 5) is 5.28. The van der Waals surface area contributed by atoms with Gasteiger partial charge in [0, 0.05) is 17.7 Å². The van der Waals surface area contributed by atoms with Crippen LogP contribution in [0.2, 0.25) is 10.0 Å². The van der Waals surface area contributed by atoms with Crippen LogP contribution >= 0.6 is 35.0 Å². The highest BCUT2D eigenvalue weighted by molar-refractivity contribution is 8.13. The first-order chi connectivity index (χ1) is 10.3. The van der Waals surface area contributed by atoms with Gasteiger partial charge in [-0.15, -0.1) is 11.8 Å². The molecule has 0 amide bonds. The van der Waals surface area contributed by atoms with Crippen molar-refractivity contribution in [2.24, 2.45) is 5.16 Å². The number of thioether (sulfide) groups is 1. The van der Waals surface area contributed by atoms with E-state index < -0.39 is 13.0 Å². The number of oxime groups is 1. The monoisotopic (exact) mass is 369 g/mol. The maximum absolute atomic E-state index is 12.3. The molecule has 1 heterocycles. The van der Waals surface area contributed by atoms with E-state index in [-0.39, 0.29) is 5.60 Å². The highest BCUT2D eigenvalue weighted by Crippen LogP contribution is 2.37. The van der Waals surface area contributed by atoms with Gasteiger partial charge in [0.05, 0.1) is 10.0 Å². The SMILES string of the molecule is CC1(C)CC(SCc2c(OCC(F)F)ccc(Cl)c2Cl)=NO1. The summed E-state index contributed by atoms with van der Waals surface area (Å²) in [5.41, 5.74) is 0.252. The van der Waals surface area contributed by atoms with E-state index in [1.165, 1.54) is 17.8 Å². The Kier molecular flexibility index (Phi) is 5.80. The van der Waals surface area contributed by atoms with E-state index >= 15 is 0 Å². The van der Waals surface area contributed by atoms with Crippen LogP contribution in [0.3, 0.4) is 0 Å². The van der Waals surface area contributed by atoms with Gasteiger partial charge in [-0.25, -0.2) is 8.78 Å². The van der Waals surface area contributed by atoms with Gasteiger partial charge in [-0.2, -0.15) is 0 Å². The normalized spacial score (nSPS) is 16.6. The Hall–Kier alpha value is -0.720. The van der Waals surface area contributed by atoms with Gasteiger partial charge in [-0.3, -0.25) is 0 Å². The largest absolute Gasteiger partial charge is 0.487 e. The number of ether oxygens (including phenoxy) is 1. The molecule has 0 N–H and O–H groups in total. The Balaban J connectivity index is 2.09. The van der Waals surface area contributed by atoms with Gasteiger partial charge in [-0.1, -0.05) is 28.4 Å². The molecule has 3 nitrogen and oxygen atoms in total. The van der Waals surface area contributed by atoms with E-state index in [0.29, 0.717) is 33.5 Å². The molecule has 122 valence electrons. The summed E-state index contributed by atoms with van der Waals surface area (Å²) in [5, 5.41) is 5.48. The summed E-state index contributed by atoms with van der Waals surface area (Å²) in [6.45, 7) is 3.19. The van der Waals surface area contributed by atoms with E-state index in [0.717, 1.165) is 5.04 Å². The van der Waals surface area contributed by atoms with Gasteiger partial charge in [0.1, 0.15) is 23.0 Å². The van der Waals surface area contributed by atoms with Crippen molar-refractivity contribution in [3.63, 3.8) is 0 Å². The quantitative estimate of drug-likeness (QED) is 0.697. The van der Waals surface area contributed by atoms with Crippen molar-refractivity contribution in [3.8, 4) is 5.75 Å². The number of nitrogens with zero attached hydrogens (tertiary/aromatic N) is 1. The van der Waals surface area contributed by atoms with Crippen molar-refractivity contribution in [2.75, 3.05) is 6.61 Å². The predicted octanol–water partition coefficient (Wildman–Crippen LogP) is 5.38. The second-order valence-electron chi connectivity index (χ2n) is 5.34. The fourth-order valence-corrected chi connectivity index (χ4v) is 3.45. The lowest BCUT2D eigenvalue weighted by molar-refractivity contribution is 0.0123. The molecule has 0 aliphatic carbocycles. The summed E-state index contributed by atoms with van der Waals surface area (Å²) in [6.07, 6.45) is -1.87. The molecule has 2 rings (SSSR count). The molecule has 0 aromatic heterocycles. The molecule has 1 aliphatic rings. The average Bonchev–Trinajstić information content (AvgIpc) is 2.78. The molecule has 22 heavy (non-hydrogen) atoms. The van der Waals surface area contributed by atoms with Gasteiger partial charge in [0.2, 0.25) is 0 Å². The highest BCUT2D eigenvalue weighted by atomic mass is 35.5. The first kappa shape index (κ1) is 17.6. The summed E-state index contributed by atoms with van der Waals surface area (Å²) < 4.78 is 29.8. The molecular weight excluding hydrogens is 355 g/mol. The van der Waals surface area contributed by atoms with Crippen LogP contribution in [0.5, 0.6) is 5.75 Å². The second kappa shape index (κ2) is 7.23. The first-order valence-corrected chi connectivity index (χ1v) is 8.28. The molecular formula is C14H15Cl2F2NO2S. The molecule has 0 atom stereocenters. The molecule has 0 unspecified atom stereocenters. The minimum absolute atomic E-state index is 0.305. The standard InChI is InChI=1S/C14H15Cl2F2NO2S/c1-14(2)5-12(19-21-14)22-7-8-10(20-6-11(17)18)4-3-9(15)13(8)16/h3-4,11H,5-7H2,1-2H3. The third-order valence-corrected chi connectivity index (χ3v) is 4.70. The molecule has 0 spiro atoms. The third-order valence-electron chi connectivity index (χ3n) is 2.87. The van der Waals surface area contributed by atoms with E-state index in [1.54, 1.807) is 6.07 Å². The topological polar surface area (TPSA) is 30.8 Å². The molecule has 0 radical (unpaired) electrons. The van der Waals surface area contributed by atoms with Crippen molar-refractivity contribution in [1.29, 1.82) is 0 Å². The molecule has 0 saturated carbocycles. The first-order valence-electron chi connectivity index (χ1n) is 6.54. The Morgan fingerprint density at radius 3 is 2.73 bits per heavy atom. The number of rotatable bonds is 5. The van der Waals surface area contributed by atoms with E-state index in [9.17, 15) is 8.78 Å². The molecule has 0 bridgehead atoms. The fourth-order valence-electron chi connectivity index (χ4n) is 1.83. The average molecular weight is 370 g/mol. The van der Waals surface area contributed by atoms with Crippen molar-refractivity contribution in [3.05, 3.63) is 27.7 Å². The molecule has 1 aromatic rings. The van der Waals surface area contributed by atoms with Crippen LogP contribution in [-0.2, 0) is 10.6 Å². The maximum atomic E-state index is 12.3. The Labute approximate surface area is 141 Å². The predicted molar refractivity (Wildman–Crippen MR) is 86.5 cm³/mol. The Bertz CT molecular complexity index is 582. The smallest absolute Gasteiger partial charge is 0.272 e. The van der Waals surface area contributed by atoms with Gasteiger partial charge < -0.3 is 9.57 Å². The van der Waals surface area contributed by atoms with E-state index in [1.807, 2.05) is 13.8 Å². The number of benzene rings is 1. The lowest BCUT2D eigenvalue weighted by Gasteiger charge is -2.14. The van der Waals surface area contributed by atoms with Crippen molar-refractivity contribution < 1.29 is 18.4 Å². The number of alkyl halides is 2. The Morgan fingerprint density at radius 1 is 1.41 bits per heavy atom. The van der Waals surface area contributed by atoms with Crippen LogP contribution in [-0.4, -0.2) is 23.7 Å². The minimum atomic E-state index is -2.55. The van der Waals surface area contributed by atoms with Crippen molar-refractivity contribution >= 4 is 40.0 Å². The summed E-state index contributed by atoms with van der Waals surface area (Å²) in [7, 11) is 0. The van der Waals surface area contributed by atoms with E-state index in [4.69, 9.17) is 32.8 Å². The fraction of sp³-hybridized carbons (Fsp3) is 0.500. The van der Waals surface area contributed by atoms with Crippen LogP contribution in [0.15, 0.2) is 17.3 Å². The summed E-state index contributed by atoms with van der Waals surface area (Å²) >= 11 is 13.6. The van der Waals surface area contributed by atoms with Crippen LogP contribution in [0.1, 0.15) is 25.8 Å². The minimum Gasteiger partial charge on any atom is -0.487 e. The van der Waals surface area contributed by atoms with Gasteiger partial charge in [0.25, 0.3) is 6.43 Å². The molecule has 8 heteroatoms. The lowest BCUT2D eigenvalue weighted by Crippen LogP contribution is -2.18. The summed E-state index contributed by atoms with van der Waals surface area (Å²) in [6, 6.07) is 3.07. The van der Waals surface area contributed by atoms with Crippen molar-refractivity contribution in [1.82, 2.24) is 0 Å². The third kappa shape index (κ3) is 4.64. The van der Waals surface area contributed by atoms with Crippen LogP contribution in [0, 0.1) is 0 Å². The maximum Gasteiger partial charge on any atom is 0.272 e. The zero-order valence-electron chi connectivity index (χ0n) is 12.0. The number of hydrogen-bond donors (Lipinski definition) is 0. The second-order valence-corrected chi connectivity index (χ2v) is 7.18. The van der Waals surface area contributed by atoms with E-state index in [2.05, 4.69) is 5.16 Å². The van der Waals surface area contributed by atoms with Gasteiger partial charge in [-0.05, 0) is 26.0 Å². The van der Waals surface area contributed by atoms with Crippen LogP contribution in [0.25, 0.3) is 0 Å². The van der Waals surface area contributed by atoms with Crippen LogP contribution < -0.4 is 4.74 Å². The Morgan fingerprint density at radius 2 is 2.14 bits per heavy atom. The molecule has 0 fully saturated rings. The van der Waals surface area contributed by atoms with Gasteiger partial charge in [0.15, 0.2) is 0 Å². The van der Waals surface area contributed by atoms with Crippen molar-refractivity contribution in [2.45, 2.75) is 38.0 Å². The van der Waals surface area contributed by atoms with Gasteiger partial charge >= 0.3 is 0 Å². The molecule has 1 aliphatic heterocycles. The number of halogens is 4. The van der Waals surface area contributed by atoms with Crippen LogP contribution in [0.4, 0.5) is 8.78 Å². The highest BCUT2D eigenvalue weighted by Gasteiger charge is 2.29.